The molecule has 0 spiro atoms. The highest BCUT2D eigenvalue weighted by molar-refractivity contribution is 5.97. The van der Waals surface area contributed by atoms with Crippen molar-refractivity contribution in [1.29, 1.82) is 0 Å². The van der Waals surface area contributed by atoms with Gasteiger partial charge in [0.05, 0.1) is 11.1 Å². The summed E-state index contributed by atoms with van der Waals surface area (Å²) >= 11 is 0. The fourth-order valence-electron chi connectivity index (χ4n) is 2.08. The van der Waals surface area contributed by atoms with E-state index in [1.807, 2.05) is 26.8 Å². The van der Waals surface area contributed by atoms with Crippen LogP contribution in [-0.4, -0.2) is 21.2 Å². The lowest BCUT2D eigenvalue weighted by atomic mass is 9.97. The molecule has 20 heavy (non-hydrogen) atoms. The SMILES string of the molecule is CCC(C)c1noc(-c2c(C)ccc(C)c2C(=O)O)n1. The zero-order chi connectivity index (χ0) is 14.9. The molecule has 1 heterocycles. The highest BCUT2D eigenvalue weighted by atomic mass is 16.5. The van der Waals surface area contributed by atoms with E-state index in [2.05, 4.69) is 10.1 Å². The summed E-state index contributed by atoms with van der Waals surface area (Å²) < 4.78 is 5.28. The lowest BCUT2D eigenvalue weighted by molar-refractivity contribution is 0.0696. The van der Waals surface area contributed by atoms with Crippen LogP contribution < -0.4 is 0 Å². The molecule has 5 heteroatoms. The van der Waals surface area contributed by atoms with E-state index in [4.69, 9.17) is 4.52 Å². The van der Waals surface area contributed by atoms with Crippen LogP contribution in [0.15, 0.2) is 16.7 Å². The van der Waals surface area contributed by atoms with Gasteiger partial charge in [-0.2, -0.15) is 4.98 Å². The molecule has 1 N–H and O–H groups in total. The standard InChI is InChI=1S/C15H18N2O3/c1-5-8(2)13-16-14(20-17-13)11-9(3)6-7-10(4)12(11)15(18)19/h6-8H,5H2,1-4H3,(H,18,19). The molecule has 1 unspecified atom stereocenters. The van der Waals surface area contributed by atoms with Crippen molar-refractivity contribution in [2.24, 2.45) is 0 Å². The number of hydrogen-bond donors (Lipinski definition) is 1. The van der Waals surface area contributed by atoms with Crippen LogP contribution in [0.1, 0.15) is 53.5 Å². The molecule has 1 aromatic carbocycles. The number of aromatic carboxylic acids is 1. The average molecular weight is 274 g/mol. The van der Waals surface area contributed by atoms with Crippen molar-refractivity contribution in [1.82, 2.24) is 10.1 Å². The topological polar surface area (TPSA) is 76.2 Å². The molecule has 0 amide bonds. The van der Waals surface area contributed by atoms with Crippen LogP contribution in [0.2, 0.25) is 0 Å². The van der Waals surface area contributed by atoms with E-state index in [1.54, 1.807) is 13.0 Å². The maximum Gasteiger partial charge on any atom is 0.336 e. The van der Waals surface area contributed by atoms with Gasteiger partial charge < -0.3 is 9.63 Å². The van der Waals surface area contributed by atoms with Crippen molar-refractivity contribution in [3.63, 3.8) is 0 Å². The zero-order valence-electron chi connectivity index (χ0n) is 12.1. The molecule has 2 rings (SSSR count). The van der Waals surface area contributed by atoms with Crippen LogP contribution in [0.4, 0.5) is 0 Å². The molecule has 1 atom stereocenters. The van der Waals surface area contributed by atoms with E-state index in [-0.39, 0.29) is 17.4 Å². The number of carboxylic acid groups (broad SMARTS) is 1. The van der Waals surface area contributed by atoms with E-state index in [1.165, 1.54) is 0 Å². The molecule has 0 aliphatic rings. The predicted molar refractivity (Wildman–Crippen MR) is 74.9 cm³/mol. The number of aromatic nitrogens is 2. The average Bonchev–Trinajstić information content (AvgIpc) is 2.89. The van der Waals surface area contributed by atoms with Crippen LogP contribution in [0, 0.1) is 13.8 Å². The van der Waals surface area contributed by atoms with Crippen molar-refractivity contribution in [2.75, 3.05) is 0 Å². The molecular weight excluding hydrogens is 256 g/mol. The number of carbonyl (C=O) groups is 1. The summed E-state index contributed by atoms with van der Waals surface area (Å²) in [6.07, 6.45) is 0.900. The Hall–Kier alpha value is -2.17. The molecule has 106 valence electrons. The van der Waals surface area contributed by atoms with E-state index in [9.17, 15) is 9.90 Å². The molecule has 0 saturated carbocycles. The number of hydrogen-bond acceptors (Lipinski definition) is 4. The molecule has 5 nitrogen and oxygen atoms in total. The van der Waals surface area contributed by atoms with E-state index >= 15 is 0 Å². The van der Waals surface area contributed by atoms with E-state index < -0.39 is 5.97 Å². The number of carboxylic acids is 1. The highest BCUT2D eigenvalue weighted by Crippen LogP contribution is 2.30. The second-order valence-electron chi connectivity index (χ2n) is 5.02. The monoisotopic (exact) mass is 274 g/mol. The molecule has 1 aromatic heterocycles. The Bertz CT molecular complexity index is 647. The summed E-state index contributed by atoms with van der Waals surface area (Å²) in [5.74, 6) is 0.0917. The number of benzene rings is 1. The fourth-order valence-corrected chi connectivity index (χ4v) is 2.08. The van der Waals surface area contributed by atoms with Crippen molar-refractivity contribution >= 4 is 5.97 Å². The van der Waals surface area contributed by atoms with Gasteiger partial charge in [0.25, 0.3) is 5.89 Å². The molecule has 0 bridgehead atoms. The van der Waals surface area contributed by atoms with Crippen LogP contribution in [0.3, 0.4) is 0 Å². The Kier molecular flexibility index (Phi) is 3.88. The van der Waals surface area contributed by atoms with Gasteiger partial charge in [-0.15, -0.1) is 0 Å². The summed E-state index contributed by atoms with van der Waals surface area (Å²) in [4.78, 5) is 15.8. The third-order valence-electron chi connectivity index (χ3n) is 3.54. The van der Waals surface area contributed by atoms with Gasteiger partial charge in [0.2, 0.25) is 0 Å². The minimum Gasteiger partial charge on any atom is -0.478 e. The lowest BCUT2D eigenvalue weighted by Gasteiger charge is -2.08. The highest BCUT2D eigenvalue weighted by Gasteiger charge is 2.22. The van der Waals surface area contributed by atoms with Gasteiger partial charge >= 0.3 is 5.97 Å². The van der Waals surface area contributed by atoms with Crippen LogP contribution in [0.5, 0.6) is 0 Å². The number of rotatable bonds is 4. The summed E-state index contributed by atoms with van der Waals surface area (Å²) in [6, 6.07) is 3.65. The molecule has 0 aliphatic heterocycles. The van der Waals surface area contributed by atoms with Gasteiger partial charge in [-0.1, -0.05) is 31.1 Å². The quantitative estimate of drug-likeness (QED) is 0.922. The summed E-state index contributed by atoms with van der Waals surface area (Å²) in [5, 5.41) is 13.4. The van der Waals surface area contributed by atoms with Crippen molar-refractivity contribution < 1.29 is 14.4 Å². The molecule has 2 aromatic rings. The Morgan fingerprint density at radius 3 is 2.60 bits per heavy atom. The number of aryl methyl sites for hydroxylation is 2. The second-order valence-corrected chi connectivity index (χ2v) is 5.02. The Balaban J connectivity index is 2.60. The lowest BCUT2D eigenvalue weighted by Crippen LogP contribution is -2.04. The summed E-state index contributed by atoms with van der Waals surface area (Å²) in [5.41, 5.74) is 2.23. The minimum atomic E-state index is -0.982. The van der Waals surface area contributed by atoms with Crippen molar-refractivity contribution in [2.45, 2.75) is 40.0 Å². The van der Waals surface area contributed by atoms with Gasteiger partial charge in [0.15, 0.2) is 5.82 Å². The Morgan fingerprint density at radius 1 is 1.35 bits per heavy atom. The summed E-state index contributed by atoms with van der Waals surface area (Å²) in [6.45, 7) is 7.66. The van der Waals surface area contributed by atoms with Crippen molar-refractivity contribution in [3.8, 4) is 11.5 Å². The summed E-state index contributed by atoms with van der Waals surface area (Å²) in [7, 11) is 0. The molecule has 0 fully saturated rings. The molecular formula is C15H18N2O3. The fraction of sp³-hybridized carbons (Fsp3) is 0.400. The first kappa shape index (κ1) is 14.2. The maximum absolute atomic E-state index is 11.5. The maximum atomic E-state index is 11.5. The molecule has 0 radical (unpaired) electrons. The first-order valence-corrected chi connectivity index (χ1v) is 6.63. The minimum absolute atomic E-state index is 0.186. The van der Waals surface area contributed by atoms with Crippen LogP contribution in [-0.2, 0) is 0 Å². The van der Waals surface area contributed by atoms with Gasteiger partial charge in [-0.05, 0) is 31.4 Å². The van der Waals surface area contributed by atoms with Gasteiger partial charge in [-0.25, -0.2) is 4.79 Å². The van der Waals surface area contributed by atoms with Gasteiger partial charge in [-0.3, -0.25) is 0 Å². The van der Waals surface area contributed by atoms with Crippen LogP contribution >= 0.6 is 0 Å². The molecule has 0 aliphatic carbocycles. The van der Waals surface area contributed by atoms with E-state index in [0.717, 1.165) is 12.0 Å². The molecule has 0 saturated heterocycles. The Labute approximate surface area is 117 Å². The van der Waals surface area contributed by atoms with Gasteiger partial charge in [0.1, 0.15) is 0 Å². The van der Waals surface area contributed by atoms with Crippen LogP contribution in [0.25, 0.3) is 11.5 Å². The smallest absolute Gasteiger partial charge is 0.336 e. The normalized spacial score (nSPS) is 12.4. The van der Waals surface area contributed by atoms with Gasteiger partial charge in [0, 0.05) is 5.92 Å². The third kappa shape index (κ3) is 2.43. The van der Waals surface area contributed by atoms with E-state index in [0.29, 0.717) is 17.0 Å². The first-order valence-electron chi connectivity index (χ1n) is 6.63. The Morgan fingerprint density at radius 2 is 2.00 bits per heavy atom. The zero-order valence-corrected chi connectivity index (χ0v) is 12.1. The second kappa shape index (κ2) is 5.45. The number of nitrogens with zero attached hydrogens (tertiary/aromatic N) is 2. The largest absolute Gasteiger partial charge is 0.478 e. The third-order valence-corrected chi connectivity index (χ3v) is 3.54. The van der Waals surface area contributed by atoms with Crippen molar-refractivity contribution in [3.05, 3.63) is 34.6 Å². The first-order chi connectivity index (χ1) is 9.45. The predicted octanol–water partition coefficient (Wildman–Crippen LogP) is 3.57.